The third kappa shape index (κ3) is 4.74. The van der Waals surface area contributed by atoms with Crippen LogP contribution in [0.5, 0.6) is 0 Å². The normalized spacial score (nSPS) is 22.4. The second-order valence-corrected chi connectivity index (χ2v) is 7.43. The second-order valence-electron chi connectivity index (χ2n) is 5.55. The van der Waals surface area contributed by atoms with Gasteiger partial charge in [-0.15, -0.1) is 0 Å². The van der Waals surface area contributed by atoms with E-state index < -0.39 is 0 Å². The molecule has 2 unspecified atom stereocenters. The minimum Gasteiger partial charge on any atom is -0.377 e. The van der Waals surface area contributed by atoms with E-state index in [1.807, 2.05) is 11.8 Å². The summed E-state index contributed by atoms with van der Waals surface area (Å²) < 4.78 is 5.20. The van der Waals surface area contributed by atoms with Gasteiger partial charge in [-0.25, -0.2) is 9.97 Å². The fourth-order valence-electron chi connectivity index (χ4n) is 2.55. The zero-order valence-electron chi connectivity index (χ0n) is 13.4. The van der Waals surface area contributed by atoms with Crippen LogP contribution in [0.3, 0.4) is 0 Å². The summed E-state index contributed by atoms with van der Waals surface area (Å²) in [5.41, 5.74) is 0. The fraction of sp³-hybridized carbons (Fsp3) is 0.733. The lowest BCUT2D eigenvalue weighted by molar-refractivity contribution is 0.178. The van der Waals surface area contributed by atoms with Crippen molar-refractivity contribution in [1.82, 2.24) is 9.97 Å². The molecular formula is C15H26N4OS. The van der Waals surface area contributed by atoms with Crippen molar-refractivity contribution in [3.8, 4) is 0 Å². The van der Waals surface area contributed by atoms with Crippen LogP contribution < -0.4 is 10.2 Å². The first-order valence-electron chi connectivity index (χ1n) is 7.63. The van der Waals surface area contributed by atoms with Gasteiger partial charge in [0.2, 0.25) is 0 Å². The number of nitrogens with one attached hydrogen (secondary N) is 1. The first kappa shape index (κ1) is 16.4. The zero-order chi connectivity index (χ0) is 15.2. The maximum absolute atomic E-state index is 5.20. The van der Waals surface area contributed by atoms with Gasteiger partial charge >= 0.3 is 0 Å². The minimum absolute atomic E-state index is 0.447. The maximum atomic E-state index is 5.20. The molecule has 1 aromatic heterocycles. The molecule has 2 heterocycles. The largest absolute Gasteiger partial charge is 0.377 e. The predicted octanol–water partition coefficient (Wildman–Crippen LogP) is 2.78. The number of ether oxygens (including phenoxy) is 1. The molecule has 0 aliphatic carbocycles. The Morgan fingerprint density at radius 1 is 1.33 bits per heavy atom. The fourth-order valence-corrected chi connectivity index (χ4v) is 3.87. The van der Waals surface area contributed by atoms with Crippen LogP contribution in [0, 0.1) is 0 Å². The van der Waals surface area contributed by atoms with Gasteiger partial charge in [0.15, 0.2) is 5.82 Å². The number of rotatable bonds is 6. The predicted molar refractivity (Wildman–Crippen MR) is 90.3 cm³/mol. The Balaban J connectivity index is 2.21. The summed E-state index contributed by atoms with van der Waals surface area (Å²) in [6.07, 6.45) is 1.08. The summed E-state index contributed by atoms with van der Waals surface area (Å²) in [4.78, 5) is 11.5. The quantitative estimate of drug-likeness (QED) is 0.872. The van der Waals surface area contributed by atoms with Crippen molar-refractivity contribution >= 4 is 23.4 Å². The van der Waals surface area contributed by atoms with Crippen LogP contribution in [0.2, 0.25) is 0 Å². The van der Waals surface area contributed by atoms with Crippen LogP contribution in [0.25, 0.3) is 0 Å². The highest BCUT2D eigenvalue weighted by Crippen LogP contribution is 2.28. The third-order valence-corrected chi connectivity index (χ3v) is 4.56. The van der Waals surface area contributed by atoms with Gasteiger partial charge in [0, 0.05) is 43.3 Å². The van der Waals surface area contributed by atoms with E-state index in [4.69, 9.17) is 4.74 Å². The number of aromatic nitrogens is 2. The molecule has 1 aliphatic rings. The lowest BCUT2D eigenvalue weighted by Gasteiger charge is -2.35. The molecule has 1 fully saturated rings. The third-order valence-electron chi connectivity index (χ3n) is 3.33. The summed E-state index contributed by atoms with van der Waals surface area (Å²) in [6, 6.07) is 2.06. The van der Waals surface area contributed by atoms with Crippen molar-refractivity contribution in [2.24, 2.45) is 0 Å². The molecule has 0 amide bonds. The molecule has 0 bridgehead atoms. The Labute approximate surface area is 131 Å². The molecule has 0 spiro atoms. The van der Waals surface area contributed by atoms with Gasteiger partial charge in [-0.3, -0.25) is 0 Å². The maximum Gasteiger partial charge on any atom is 0.158 e. The minimum atomic E-state index is 0.447. The lowest BCUT2D eigenvalue weighted by atomic mass is 10.3. The van der Waals surface area contributed by atoms with Gasteiger partial charge in [0.1, 0.15) is 18.2 Å². The van der Waals surface area contributed by atoms with Crippen LogP contribution in [0.4, 0.5) is 11.6 Å². The Kier molecular flexibility index (Phi) is 6.11. The number of methoxy groups -OCH3 is 1. The second kappa shape index (κ2) is 7.84. The number of anilines is 2. The highest BCUT2D eigenvalue weighted by Gasteiger charge is 2.24. The average Bonchev–Trinajstić information content (AvgIpc) is 2.44. The van der Waals surface area contributed by atoms with Gasteiger partial charge in [-0.2, -0.15) is 11.8 Å². The van der Waals surface area contributed by atoms with E-state index in [1.54, 1.807) is 7.11 Å². The Bertz CT molecular complexity index is 447. The van der Waals surface area contributed by atoms with Crippen LogP contribution in [0.15, 0.2) is 6.07 Å². The molecule has 5 nitrogen and oxygen atoms in total. The van der Waals surface area contributed by atoms with E-state index in [9.17, 15) is 0 Å². The topological polar surface area (TPSA) is 50.3 Å². The molecule has 0 saturated carbocycles. The molecular weight excluding hydrogens is 284 g/mol. The van der Waals surface area contributed by atoms with E-state index >= 15 is 0 Å². The van der Waals surface area contributed by atoms with Crippen molar-refractivity contribution in [2.75, 3.05) is 37.0 Å². The Morgan fingerprint density at radius 2 is 2.05 bits per heavy atom. The summed E-state index contributed by atoms with van der Waals surface area (Å²) in [7, 11) is 1.68. The molecule has 0 aromatic carbocycles. The molecule has 118 valence electrons. The summed E-state index contributed by atoms with van der Waals surface area (Å²) in [6.45, 7) is 10.1. The smallest absolute Gasteiger partial charge is 0.158 e. The first-order chi connectivity index (χ1) is 10.1. The highest BCUT2D eigenvalue weighted by atomic mass is 32.2. The van der Waals surface area contributed by atoms with Crippen LogP contribution in [-0.2, 0) is 11.3 Å². The highest BCUT2D eigenvalue weighted by molar-refractivity contribution is 8.00. The number of hydrogen-bond acceptors (Lipinski definition) is 6. The molecule has 0 radical (unpaired) electrons. The zero-order valence-corrected chi connectivity index (χ0v) is 14.2. The number of thioether (sulfide) groups is 1. The van der Waals surface area contributed by atoms with Gasteiger partial charge in [-0.1, -0.05) is 20.8 Å². The van der Waals surface area contributed by atoms with Crippen molar-refractivity contribution in [2.45, 2.75) is 44.3 Å². The van der Waals surface area contributed by atoms with Gasteiger partial charge in [0.25, 0.3) is 0 Å². The standard InChI is InChI=1S/C15H26N4OS/c1-5-6-16-13-7-15(18-14(17-13)10-20-4)19-8-11(2)21-12(3)9-19/h7,11-12H,5-6,8-10H2,1-4H3,(H,16,17,18). The van der Waals surface area contributed by atoms with Crippen LogP contribution >= 0.6 is 11.8 Å². The molecule has 1 saturated heterocycles. The number of hydrogen-bond donors (Lipinski definition) is 1. The van der Waals surface area contributed by atoms with Crippen molar-refractivity contribution < 1.29 is 4.74 Å². The van der Waals surface area contributed by atoms with E-state index in [2.05, 4.69) is 47.0 Å². The van der Waals surface area contributed by atoms with Gasteiger partial charge in [0.05, 0.1) is 0 Å². The molecule has 1 N–H and O–H groups in total. The summed E-state index contributed by atoms with van der Waals surface area (Å²) in [5.74, 6) is 2.65. The van der Waals surface area contributed by atoms with Gasteiger partial charge < -0.3 is 15.0 Å². The lowest BCUT2D eigenvalue weighted by Crippen LogP contribution is -2.41. The molecule has 2 rings (SSSR count). The molecule has 21 heavy (non-hydrogen) atoms. The van der Waals surface area contributed by atoms with Crippen molar-refractivity contribution in [3.63, 3.8) is 0 Å². The van der Waals surface area contributed by atoms with Crippen LogP contribution in [-0.4, -0.2) is 47.2 Å². The number of nitrogens with zero attached hydrogens (tertiary/aromatic N) is 3. The van der Waals surface area contributed by atoms with Crippen molar-refractivity contribution in [1.29, 1.82) is 0 Å². The molecule has 1 aromatic rings. The first-order valence-corrected chi connectivity index (χ1v) is 8.57. The molecule has 2 atom stereocenters. The van der Waals surface area contributed by atoms with E-state index in [1.165, 1.54) is 0 Å². The van der Waals surface area contributed by atoms with Crippen LogP contribution in [0.1, 0.15) is 33.0 Å². The van der Waals surface area contributed by atoms with E-state index in [0.29, 0.717) is 17.1 Å². The monoisotopic (exact) mass is 310 g/mol. The van der Waals surface area contributed by atoms with E-state index in [0.717, 1.165) is 43.5 Å². The Morgan fingerprint density at radius 3 is 2.67 bits per heavy atom. The Hall–Kier alpha value is -1.01. The molecule has 1 aliphatic heterocycles. The van der Waals surface area contributed by atoms with E-state index in [-0.39, 0.29) is 0 Å². The van der Waals surface area contributed by atoms with Crippen molar-refractivity contribution in [3.05, 3.63) is 11.9 Å². The summed E-state index contributed by atoms with van der Waals surface area (Å²) in [5, 5.41) is 4.61. The average molecular weight is 310 g/mol. The van der Waals surface area contributed by atoms with Gasteiger partial charge in [-0.05, 0) is 6.42 Å². The summed E-state index contributed by atoms with van der Waals surface area (Å²) >= 11 is 2.05. The SMILES string of the molecule is CCCNc1cc(N2CC(C)SC(C)C2)nc(COC)n1. The molecule has 6 heteroatoms.